The van der Waals surface area contributed by atoms with Gasteiger partial charge in [0.15, 0.2) is 0 Å². The van der Waals surface area contributed by atoms with E-state index in [0.29, 0.717) is 0 Å². The fourth-order valence-electron chi connectivity index (χ4n) is 1.42. The van der Waals surface area contributed by atoms with Crippen molar-refractivity contribution in [2.24, 2.45) is 0 Å². The van der Waals surface area contributed by atoms with Crippen LogP contribution < -0.4 is 5.32 Å². The average molecular weight is 171 g/mol. The van der Waals surface area contributed by atoms with Crippen molar-refractivity contribution in [3.63, 3.8) is 0 Å². The first kappa shape index (κ1) is 9.96. The van der Waals surface area contributed by atoms with E-state index >= 15 is 0 Å². The highest BCUT2D eigenvalue weighted by molar-refractivity contribution is 4.67. The number of nitrogens with one attached hydrogen (secondary N) is 1. The van der Waals surface area contributed by atoms with E-state index in [-0.39, 0.29) is 0 Å². The minimum Gasteiger partial charge on any atom is -0.304 e. The summed E-state index contributed by atoms with van der Waals surface area (Å²) in [5.74, 6) is 0. The third-order valence-electron chi connectivity index (χ3n) is 2.36. The Morgan fingerprint density at radius 2 is 1.83 bits per heavy atom. The molecule has 0 radical (unpaired) electrons. The smallest absolute Gasteiger partial charge is 0.0481 e. The van der Waals surface area contributed by atoms with Crippen molar-refractivity contribution >= 4 is 0 Å². The van der Waals surface area contributed by atoms with Gasteiger partial charge < -0.3 is 10.2 Å². The van der Waals surface area contributed by atoms with E-state index in [1.54, 1.807) is 0 Å². The highest BCUT2D eigenvalue weighted by atomic mass is 15.3. The monoisotopic (exact) mass is 171 g/mol. The van der Waals surface area contributed by atoms with Crippen LogP contribution in [-0.4, -0.2) is 56.2 Å². The first-order valence-corrected chi connectivity index (χ1v) is 4.94. The molecule has 3 heteroatoms. The second-order valence-corrected chi connectivity index (χ2v) is 3.58. The van der Waals surface area contributed by atoms with E-state index in [2.05, 4.69) is 29.1 Å². The molecule has 0 spiro atoms. The Hall–Kier alpha value is -0.120. The molecule has 1 rings (SSSR count). The minimum absolute atomic E-state index is 1.07. The molecule has 0 unspecified atom stereocenters. The second-order valence-electron chi connectivity index (χ2n) is 3.58. The fraction of sp³-hybridized carbons (Fsp3) is 1.00. The Labute approximate surface area is 75.7 Å². The van der Waals surface area contributed by atoms with Crippen LogP contribution in [0.1, 0.15) is 13.3 Å². The van der Waals surface area contributed by atoms with Gasteiger partial charge in [-0.2, -0.15) is 0 Å². The molecule has 0 saturated carbocycles. The van der Waals surface area contributed by atoms with E-state index in [1.165, 1.54) is 32.6 Å². The number of rotatable bonds is 4. The van der Waals surface area contributed by atoms with Crippen molar-refractivity contribution in [3.05, 3.63) is 0 Å². The summed E-state index contributed by atoms with van der Waals surface area (Å²) < 4.78 is 0. The standard InChI is InChI=1S/C9H21N3/c1-3-4-10-9-12-7-5-11(2)6-8-12/h10H,3-9H2,1-2H3. The van der Waals surface area contributed by atoms with Gasteiger partial charge in [-0.05, 0) is 20.0 Å². The van der Waals surface area contributed by atoms with E-state index in [4.69, 9.17) is 0 Å². The summed E-state index contributed by atoms with van der Waals surface area (Å²) in [4.78, 5) is 4.87. The third-order valence-corrected chi connectivity index (χ3v) is 2.36. The molecule has 12 heavy (non-hydrogen) atoms. The van der Waals surface area contributed by atoms with Crippen LogP contribution in [0.5, 0.6) is 0 Å². The van der Waals surface area contributed by atoms with Crippen LogP contribution >= 0.6 is 0 Å². The molecule has 1 saturated heterocycles. The maximum atomic E-state index is 3.43. The SMILES string of the molecule is CCCNCN1CCN(C)CC1. The first-order valence-electron chi connectivity index (χ1n) is 4.94. The summed E-state index contributed by atoms with van der Waals surface area (Å²) in [6.07, 6.45) is 1.23. The zero-order valence-electron chi connectivity index (χ0n) is 8.34. The predicted molar refractivity (Wildman–Crippen MR) is 52.2 cm³/mol. The highest BCUT2D eigenvalue weighted by Crippen LogP contribution is 1.96. The van der Waals surface area contributed by atoms with E-state index in [0.717, 1.165) is 13.2 Å². The Morgan fingerprint density at radius 3 is 2.42 bits per heavy atom. The van der Waals surface area contributed by atoms with Crippen LogP contribution in [0.25, 0.3) is 0 Å². The summed E-state index contributed by atoms with van der Waals surface area (Å²) >= 11 is 0. The van der Waals surface area contributed by atoms with Crippen molar-refractivity contribution in [1.82, 2.24) is 15.1 Å². The summed E-state index contributed by atoms with van der Waals surface area (Å²) in [6, 6.07) is 0. The summed E-state index contributed by atoms with van der Waals surface area (Å²) in [5, 5.41) is 3.43. The molecule has 0 atom stereocenters. The molecule has 0 aromatic carbocycles. The lowest BCUT2D eigenvalue weighted by Gasteiger charge is -2.32. The molecule has 0 aliphatic carbocycles. The van der Waals surface area contributed by atoms with Crippen LogP contribution in [0.4, 0.5) is 0 Å². The van der Waals surface area contributed by atoms with Crippen molar-refractivity contribution in [2.45, 2.75) is 13.3 Å². The number of likely N-dealkylation sites (N-methyl/N-ethyl adjacent to an activating group) is 1. The van der Waals surface area contributed by atoms with Gasteiger partial charge in [-0.1, -0.05) is 6.92 Å². The van der Waals surface area contributed by atoms with Crippen molar-refractivity contribution in [1.29, 1.82) is 0 Å². The lowest BCUT2D eigenvalue weighted by molar-refractivity contribution is 0.145. The number of nitrogens with zero attached hydrogens (tertiary/aromatic N) is 2. The highest BCUT2D eigenvalue weighted by Gasteiger charge is 2.11. The second kappa shape index (κ2) is 5.51. The molecule has 1 N–H and O–H groups in total. The number of piperazine rings is 1. The van der Waals surface area contributed by atoms with Gasteiger partial charge in [-0.25, -0.2) is 0 Å². The lowest BCUT2D eigenvalue weighted by Crippen LogP contribution is -2.47. The Morgan fingerprint density at radius 1 is 1.17 bits per heavy atom. The Kier molecular flexibility index (Phi) is 4.58. The van der Waals surface area contributed by atoms with Gasteiger partial charge >= 0.3 is 0 Å². The molecule has 1 aliphatic rings. The fourth-order valence-corrected chi connectivity index (χ4v) is 1.42. The zero-order chi connectivity index (χ0) is 8.81. The summed E-state index contributed by atoms with van der Waals surface area (Å²) in [6.45, 7) is 9.28. The molecule has 1 fully saturated rings. The molecule has 1 heterocycles. The topological polar surface area (TPSA) is 18.5 Å². The van der Waals surface area contributed by atoms with E-state index < -0.39 is 0 Å². The molecule has 3 nitrogen and oxygen atoms in total. The molecular formula is C9H21N3. The lowest BCUT2D eigenvalue weighted by atomic mass is 10.3. The molecule has 0 bridgehead atoms. The molecule has 0 amide bonds. The molecular weight excluding hydrogens is 150 g/mol. The van der Waals surface area contributed by atoms with Crippen molar-refractivity contribution in [2.75, 3.05) is 46.4 Å². The first-order chi connectivity index (χ1) is 5.83. The van der Waals surface area contributed by atoms with Crippen molar-refractivity contribution in [3.8, 4) is 0 Å². The largest absolute Gasteiger partial charge is 0.304 e. The van der Waals surface area contributed by atoms with Gasteiger partial charge in [0.25, 0.3) is 0 Å². The van der Waals surface area contributed by atoms with Crippen molar-refractivity contribution < 1.29 is 0 Å². The van der Waals surface area contributed by atoms with Gasteiger partial charge in [0.1, 0.15) is 0 Å². The number of hydrogen-bond donors (Lipinski definition) is 1. The average Bonchev–Trinajstić information content (AvgIpc) is 2.09. The van der Waals surface area contributed by atoms with Crippen LogP contribution in [0.3, 0.4) is 0 Å². The minimum atomic E-state index is 1.07. The quantitative estimate of drug-likeness (QED) is 0.609. The molecule has 0 aromatic heterocycles. The van der Waals surface area contributed by atoms with Gasteiger partial charge in [0.05, 0.1) is 0 Å². The molecule has 1 aliphatic heterocycles. The normalized spacial score (nSPS) is 21.5. The summed E-state index contributed by atoms with van der Waals surface area (Å²) in [5.41, 5.74) is 0. The zero-order valence-corrected chi connectivity index (χ0v) is 8.34. The van der Waals surface area contributed by atoms with Crippen LogP contribution in [0.2, 0.25) is 0 Å². The van der Waals surface area contributed by atoms with Crippen LogP contribution in [0, 0.1) is 0 Å². The molecule has 72 valence electrons. The van der Waals surface area contributed by atoms with Gasteiger partial charge in [-0.3, -0.25) is 4.90 Å². The van der Waals surface area contributed by atoms with Crippen LogP contribution in [-0.2, 0) is 0 Å². The maximum Gasteiger partial charge on any atom is 0.0481 e. The third kappa shape index (κ3) is 3.52. The Bertz CT molecular complexity index is 108. The predicted octanol–water partition coefficient (Wildman–Crippen LogP) is 0.191. The Balaban J connectivity index is 2.01. The van der Waals surface area contributed by atoms with Gasteiger partial charge in [-0.15, -0.1) is 0 Å². The van der Waals surface area contributed by atoms with E-state index in [1.807, 2.05) is 0 Å². The maximum absolute atomic E-state index is 3.43. The van der Waals surface area contributed by atoms with Gasteiger partial charge in [0, 0.05) is 32.8 Å². The summed E-state index contributed by atoms with van der Waals surface area (Å²) in [7, 11) is 2.19. The van der Waals surface area contributed by atoms with Crippen LogP contribution in [0.15, 0.2) is 0 Å². The van der Waals surface area contributed by atoms with Gasteiger partial charge in [0.2, 0.25) is 0 Å². The number of hydrogen-bond acceptors (Lipinski definition) is 3. The molecule has 0 aromatic rings. The van der Waals surface area contributed by atoms with E-state index in [9.17, 15) is 0 Å².